The summed E-state index contributed by atoms with van der Waals surface area (Å²) < 4.78 is 46.5. The summed E-state index contributed by atoms with van der Waals surface area (Å²) in [5.41, 5.74) is 0.849. The highest BCUT2D eigenvalue weighted by Crippen LogP contribution is 2.23. The molecule has 1 saturated heterocycles. The Morgan fingerprint density at radius 2 is 1.85 bits per heavy atom. The lowest BCUT2D eigenvalue weighted by molar-refractivity contribution is 0.0172. The van der Waals surface area contributed by atoms with Crippen LogP contribution in [0.2, 0.25) is 5.02 Å². The number of rotatable bonds is 6. The van der Waals surface area contributed by atoms with Crippen LogP contribution in [0.1, 0.15) is 11.6 Å². The number of halogens is 2. The van der Waals surface area contributed by atoms with Crippen molar-refractivity contribution in [2.24, 2.45) is 0 Å². The Morgan fingerprint density at radius 3 is 2.50 bits per heavy atom. The molecule has 1 aliphatic heterocycles. The monoisotopic (exact) mass is 398 g/mol. The molecule has 1 heterocycles. The first-order chi connectivity index (χ1) is 12.5. The van der Waals surface area contributed by atoms with E-state index in [0.29, 0.717) is 31.3 Å². The Kier molecular flexibility index (Phi) is 6.26. The number of sulfonamides is 1. The number of nitrogens with one attached hydrogen (secondary N) is 1. The van der Waals surface area contributed by atoms with Gasteiger partial charge in [0, 0.05) is 30.7 Å². The topological polar surface area (TPSA) is 58.6 Å². The van der Waals surface area contributed by atoms with Crippen LogP contribution in [0.4, 0.5) is 4.39 Å². The number of benzene rings is 2. The van der Waals surface area contributed by atoms with Crippen molar-refractivity contribution in [2.45, 2.75) is 10.9 Å². The van der Waals surface area contributed by atoms with Gasteiger partial charge in [-0.2, -0.15) is 0 Å². The van der Waals surface area contributed by atoms with Gasteiger partial charge in [0.25, 0.3) is 0 Å². The molecule has 0 unspecified atom stereocenters. The molecule has 0 aromatic heterocycles. The Bertz CT molecular complexity index is 840. The van der Waals surface area contributed by atoms with E-state index in [1.807, 2.05) is 0 Å². The minimum Gasteiger partial charge on any atom is -0.379 e. The van der Waals surface area contributed by atoms with Crippen LogP contribution >= 0.6 is 11.6 Å². The van der Waals surface area contributed by atoms with E-state index in [1.165, 1.54) is 24.3 Å². The minimum atomic E-state index is -3.70. The zero-order valence-electron chi connectivity index (χ0n) is 14.1. The van der Waals surface area contributed by atoms with Crippen molar-refractivity contribution in [3.05, 3.63) is 64.9 Å². The van der Waals surface area contributed by atoms with E-state index in [2.05, 4.69) is 9.62 Å². The van der Waals surface area contributed by atoms with Gasteiger partial charge in [0.05, 0.1) is 18.1 Å². The van der Waals surface area contributed by atoms with Crippen molar-refractivity contribution >= 4 is 21.6 Å². The van der Waals surface area contributed by atoms with E-state index in [-0.39, 0.29) is 23.3 Å². The summed E-state index contributed by atoms with van der Waals surface area (Å²) in [6.07, 6.45) is 0. The molecule has 0 bridgehead atoms. The van der Waals surface area contributed by atoms with Crippen molar-refractivity contribution in [2.75, 3.05) is 32.8 Å². The van der Waals surface area contributed by atoms with Crippen molar-refractivity contribution in [1.82, 2.24) is 9.62 Å². The van der Waals surface area contributed by atoms with Crippen molar-refractivity contribution in [3.8, 4) is 0 Å². The highest BCUT2D eigenvalue weighted by molar-refractivity contribution is 7.89. The molecular formula is C18H20ClFN2O3S. The van der Waals surface area contributed by atoms with E-state index in [4.69, 9.17) is 16.3 Å². The maximum Gasteiger partial charge on any atom is 0.240 e. The molecule has 0 spiro atoms. The van der Waals surface area contributed by atoms with Crippen LogP contribution in [0.3, 0.4) is 0 Å². The van der Waals surface area contributed by atoms with Crippen LogP contribution in [0, 0.1) is 5.82 Å². The molecule has 2 aromatic rings. The van der Waals surface area contributed by atoms with Crippen LogP contribution in [0.25, 0.3) is 0 Å². The largest absolute Gasteiger partial charge is 0.379 e. The van der Waals surface area contributed by atoms with E-state index < -0.39 is 10.0 Å². The molecule has 0 saturated carbocycles. The highest BCUT2D eigenvalue weighted by Gasteiger charge is 2.25. The van der Waals surface area contributed by atoms with Gasteiger partial charge in [-0.15, -0.1) is 0 Å². The summed E-state index contributed by atoms with van der Waals surface area (Å²) in [6, 6.07) is 12.0. The van der Waals surface area contributed by atoms with Gasteiger partial charge in [0.1, 0.15) is 5.82 Å². The van der Waals surface area contributed by atoms with Gasteiger partial charge in [-0.1, -0.05) is 29.8 Å². The molecule has 8 heteroatoms. The molecular weight excluding hydrogens is 379 g/mol. The second kappa shape index (κ2) is 8.45. The number of nitrogens with zero attached hydrogens (tertiary/aromatic N) is 1. The maximum atomic E-state index is 13.3. The van der Waals surface area contributed by atoms with Crippen molar-refractivity contribution in [1.29, 1.82) is 0 Å². The van der Waals surface area contributed by atoms with E-state index in [0.717, 1.165) is 5.56 Å². The summed E-state index contributed by atoms with van der Waals surface area (Å²) in [5.74, 6) is -0.325. The summed E-state index contributed by atoms with van der Waals surface area (Å²) in [5, 5.41) is 0.358. The number of morpholine rings is 1. The Hall–Kier alpha value is -1.51. The van der Waals surface area contributed by atoms with Gasteiger partial charge in [-0.05, 0) is 35.9 Å². The first kappa shape index (κ1) is 19.3. The molecule has 5 nitrogen and oxygen atoms in total. The summed E-state index contributed by atoms with van der Waals surface area (Å²) in [4.78, 5) is 2.25. The Morgan fingerprint density at radius 1 is 1.15 bits per heavy atom. The molecule has 1 fully saturated rings. The van der Waals surface area contributed by atoms with Crippen LogP contribution in [-0.4, -0.2) is 46.2 Å². The standard InChI is InChI=1S/C18H20ClFN2O3S/c19-15-2-1-3-17(12-15)26(23,24)21-13-18(22-8-10-25-11-9-22)14-4-6-16(20)7-5-14/h1-7,12,18,21H,8-11,13H2/t18-/m1/s1. The fourth-order valence-electron chi connectivity index (χ4n) is 2.94. The van der Waals surface area contributed by atoms with Gasteiger partial charge in [-0.25, -0.2) is 17.5 Å². The third-order valence-corrected chi connectivity index (χ3v) is 5.97. The molecule has 1 aliphatic rings. The fraction of sp³-hybridized carbons (Fsp3) is 0.333. The van der Waals surface area contributed by atoms with Gasteiger partial charge in [-0.3, -0.25) is 4.90 Å². The zero-order valence-corrected chi connectivity index (χ0v) is 15.6. The SMILES string of the molecule is O=S(=O)(NC[C@H](c1ccc(F)cc1)N1CCOCC1)c1cccc(Cl)c1. The second-order valence-corrected chi connectivity index (χ2v) is 8.23. The zero-order chi connectivity index (χ0) is 18.6. The quantitative estimate of drug-likeness (QED) is 0.812. The van der Waals surface area contributed by atoms with Crippen molar-refractivity contribution < 1.29 is 17.5 Å². The third kappa shape index (κ3) is 4.81. The molecule has 3 rings (SSSR count). The van der Waals surface area contributed by atoms with Crippen LogP contribution in [0.15, 0.2) is 53.4 Å². The second-order valence-electron chi connectivity index (χ2n) is 6.02. The Labute approximate surface area is 157 Å². The number of ether oxygens (including phenoxy) is 1. The lowest BCUT2D eigenvalue weighted by atomic mass is 10.0. The smallest absolute Gasteiger partial charge is 0.240 e. The van der Waals surface area contributed by atoms with Gasteiger partial charge in [0.15, 0.2) is 0 Å². The number of hydrogen-bond donors (Lipinski definition) is 1. The summed E-state index contributed by atoms with van der Waals surface area (Å²) >= 11 is 5.90. The predicted molar refractivity (Wildman–Crippen MR) is 98.2 cm³/mol. The molecule has 0 aliphatic carbocycles. The lowest BCUT2D eigenvalue weighted by Crippen LogP contribution is -2.43. The minimum absolute atomic E-state index is 0.116. The molecule has 1 N–H and O–H groups in total. The van der Waals surface area contributed by atoms with E-state index in [9.17, 15) is 12.8 Å². The molecule has 2 aromatic carbocycles. The lowest BCUT2D eigenvalue weighted by Gasteiger charge is -2.34. The maximum absolute atomic E-state index is 13.3. The highest BCUT2D eigenvalue weighted by atomic mass is 35.5. The van der Waals surface area contributed by atoms with E-state index in [1.54, 1.807) is 24.3 Å². The molecule has 26 heavy (non-hydrogen) atoms. The average Bonchev–Trinajstić information content (AvgIpc) is 2.64. The van der Waals surface area contributed by atoms with Crippen molar-refractivity contribution in [3.63, 3.8) is 0 Å². The summed E-state index contributed by atoms with van der Waals surface area (Å²) in [6.45, 7) is 2.69. The first-order valence-electron chi connectivity index (χ1n) is 8.28. The molecule has 1 atom stereocenters. The van der Waals surface area contributed by atoms with Gasteiger partial charge < -0.3 is 4.74 Å². The van der Waals surface area contributed by atoms with Gasteiger partial charge >= 0.3 is 0 Å². The van der Waals surface area contributed by atoms with Crippen LogP contribution < -0.4 is 4.72 Å². The Balaban J connectivity index is 1.80. The fourth-order valence-corrected chi connectivity index (χ4v) is 4.28. The normalized spacial score (nSPS) is 17.2. The molecule has 0 radical (unpaired) electrons. The third-order valence-electron chi connectivity index (χ3n) is 4.31. The first-order valence-corrected chi connectivity index (χ1v) is 10.1. The predicted octanol–water partition coefficient (Wildman–Crippen LogP) is 2.83. The molecule has 0 amide bonds. The number of hydrogen-bond acceptors (Lipinski definition) is 4. The van der Waals surface area contributed by atoms with Crippen LogP contribution in [-0.2, 0) is 14.8 Å². The average molecular weight is 399 g/mol. The van der Waals surface area contributed by atoms with E-state index >= 15 is 0 Å². The van der Waals surface area contributed by atoms with Crippen LogP contribution in [0.5, 0.6) is 0 Å². The van der Waals surface area contributed by atoms with Gasteiger partial charge in [0.2, 0.25) is 10.0 Å². The summed E-state index contributed by atoms with van der Waals surface area (Å²) in [7, 11) is -3.70. The molecule has 140 valence electrons.